The molecule has 0 rings (SSSR count). The smallest absolute Gasteiger partial charge is 0.240 e. The molecule has 13 heavy (non-hydrogen) atoms. The molecule has 0 radical (unpaired) electrons. The van der Waals surface area contributed by atoms with E-state index in [-0.39, 0.29) is 5.91 Å². The molecule has 0 aliphatic rings. The standard InChI is InChI=1S/C10H18N2O/c1-7-9(2,3)12-8(13)10(4,5)11-6/h1,11H,2-6H3,(H,12,13). The van der Waals surface area contributed by atoms with Gasteiger partial charge in [-0.15, -0.1) is 6.42 Å². The molecular formula is C10H18N2O. The average Bonchev–Trinajstić information content (AvgIpc) is 2.04. The molecule has 0 saturated carbocycles. The summed E-state index contributed by atoms with van der Waals surface area (Å²) in [5, 5.41) is 5.67. The van der Waals surface area contributed by atoms with Crippen molar-refractivity contribution >= 4 is 5.91 Å². The van der Waals surface area contributed by atoms with E-state index in [9.17, 15) is 4.79 Å². The highest BCUT2D eigenvalue weighted by Crippen LogP contribution is 2.05. The zero-order chi connectivity index (χ0) is 10.7. The van der Waals surface area contributed by atoms with Crippen LogP contribution in [0.25, 0.3) is 0 Å². The number of amides is 1. The highest BCUT2D eigenvalue weighted by Gasteiger charge is 2.29. The van der Waals surface area contributed by atoms with Crippen molar-refractivity contribution in [1.29, 1.82) is 0 Å². The van der Waals surface area contributed by atoms with E-state index in [1.165, 1.54) is 0 Å². The summed E-state index contributed by atoms with van der Waals surface area (Å²) in [6, 6.07) is 0. The summed E-state index contributed by atoms with van der Waals surface area (Å²) in [7, 11) is 1.74. The second-order valence-electron chi connectivity index (χ2n) is 4.10. The van der Waals surface area contributed by atoms with Crippen LogP contribution in [0, 0.1) is 12.3 Å². The third-order valence-electron chi connectivity index (χ3n) is 1.98. The normalized spacial score (nSPS) is 12.0. The molecule has 0 aliphatic heterocycles. The fourth-order valence-corrected chi connectivity index (χ4v) is 0.590. The van der Waals surface area contributed by atoms with Crippen LogP contribution in [-0.2, 0) is 4.79 Å². The molecule has 1 amide bonds. The molecule has 0 aromatic heterocycles. The summed E-state index contributed by atoms with van der Waals surface area (Å²) in [6.07, 6.45) is 5.25. The van der Waals surface area contributed by atoms with E-state index in [1.54, 1.807) is 34.7 Å². The number of hydrogen-bond donors (Lipinski definition) is 2. The lowest BCUT2D eigenvalue weighted by atomic mass is 10.0. The Hall–Kier alpha value is -1.01. The number of likely N-dealkylation sites (N-methyl/N-ethyl adjacent to an activating group) is 1. The largest absolute Gasteiger partial charge is 0.339 e. The minimum Gasteiger partial charge on any atom is -0.339 e. The third kappa shape index (κ3) is 3.47. The van der Waals surface area contributed by atoms with Crippen LogP contribution >= 0.6 is 0 Å². The zero-order valence-electron chi connectivity index (χ0n) is 8.99. The molecule has 0 spiro atoms. The van der Waals surface area contributed by atoms with E-state index in [0.717, 1.165) is 0 Å². The molecule has 0 saturated heterocycles. The van der Waals surface area contributed by atoms with Crippen molar-refractivity contribution in [3.63, 3.8) is 0 Å². The predicted octanol–water partition coefficient (Wildman–Crippen LogP) is 0.512. The lowest BCUT2D eigenvalue weighted by molar-refractivity contribution is -0.127. The van der Waals surface area contributed by atoms with Crippen molar-refractivity contribution in [2.24, 2.45) is 0 Å². The molecule has 0 aromatic rings. The maximum Gasteiger partial charge on any atom is 0.240 e. The van der Waals surface area contributed by atoms with Crippen LogP contribution in [0.2, 0.25) is 0 Å². The van der Waals surface area contributed by atoms with Gasteiger partial charge in [-0.05, 0) is 34.7 Å². The average molecular weight is 182 g/mol. The zero-order valence-corrected chi connectivity index (χ0v) is 8.99. The summed E-state index contributed by atoms with van der Waals surface area (Å²) in [5.74, 6) is 2.41. The van der Waals surface area contributed by atoms with E-state index in [2.05, 4.69) is 16.6 Å². The molecule has 0 aromatic carbocycles. The van der Waals surface area contributed by atoms with Gasteiger partial charge in [-0.25, -0.2) is 0 Å². The first-order valence-electron chi connectivity index (χ1n) is 4.24. The molecule has 74 valence electrons. The topological polar surface area (TPSA) is 41.1 Å². The fraction of sp³-hybridized carbons (Fsp3) is 0.700. The lowest BCUT2D eigenvalue weighted by Gasteiger charge is -2.28. The molecule has 3 heteroatoms. The Balaban J connectivity index is 4.43. The summed E-state index contributed by atoms with van der Waals surface area (Å²) in [5.41, 5.74) is -1.18. The maximum absolute atomic E-state index is 11.6. The van der Waals surface area contributed by atoms with Crippen molar-refractivity contribution in [3.8, 4) is 12.3 Å². The molecule has 0 atom stereocenters. The molecule has 2 N–H and O–H groups in total. The van der Waals surface area contributed by atoms with Gasteiger partial charge in [0.1, 0.15) is 0 Å². The first-order valence-corrected chi connectivity index (χ1v) is 4.24. The Morgan fingerprint density at radius 3 is 2.08 bits per heavy atom. The molecular weight excluding hydrogens is 164 g/mol. The summed E-state index contributed by atoms with van der Waals surface area (Å²) in [6.45, 7) is 7.18. The van der Waals surface area contributed by atoms with Crippen molar-refractivity contribution in [2.45, 2.75) is 38.8 Å². The monoisotopic (exact) mass is 182 g/mol. The molecule has 3 nitrogen and oxygen atoms in total. The minimum atomic E-state index is -0.592. The van der Waals surface area contributed by atoms with Gasteiger partial charge in [-0.1, -0.05) is 5.92 Å². The third-order valence-corrected chi connectivity index (χ3v) is 1.98. The Bertz CT molecular complexity index is 236. The molecule has 0 fully saturated rings. The molecule has 0 bridgehead atoms. The van der Waals surface area contributed by atoms with Crippen molar-refractivity contribution in [3.05, 3.63) is 0 Å². The lowest BCUT2D eigenvalue weighted by Crippen LogP contribution is -2.56. The van der Waals surface area contributed by atoms with Crippen LogP contribution in [0.1, 0.15) is 27.7 Å². The highest BCUT2D eigenvalue weighted by molar-refractivity contribution is 5.86. The Morgan fingerprint density at radius 2 is 1.77 bits per heavy atom. The number of nitrogens with one attached hydrogen (secondary N) is 2. The van der Waals surface area contributed by atoms with E-state index < -0.39 is 11.1 Å². The second kappa shape index (κ2) is 3.80. The minimum absolute atomic E-state index is 0.0991. The quantitative estimate of drug-likeness (QED) is 0.624. The van der Waals surface area contributed by atoms with Gasteiger partial charge in [-0.3, -0.25) is 4.79 Å². The number of carbonyl (C=O) groups excluding carboxylic acids is 1. The van der Waals surface area contributed by atoms with Gasteiger partial charge in [0.2, 0.25) is 5.91 Å². The van der Waals surface area contributed by atoms with Gasteiger partial charge in [0.15, 0.2) is 0 Å². The number of carbonyl (C=O) groups is 1. The number of rotatable bonds is 3. The number of hydrogen-bond acceptors (Lipinski definition) is 2. The summed E-state index contributed by atoms with van der Waals surface area (Å²) in [4.78, 5) is 11.6. The highest BCUT2D eigenvalue weighted by atomic mass is 16.2. The Labute approximate surface area is 80.3 Å². The molecule has 0 heterocycles. The predicted molar refractivity (Wildman–Crippen MR) is 54.2 cm³/mol. The van der Waals surface area contributed by atoms with E-state index in [0.29, 0.717) is 0 Å². The Kier molecular flexibility index (Phi) is 3.50. The second-order valence-corrected chi connectivity index (χ2v) is 4.10. The van der Waals surface area contributed by atoms with Crippen LogP contribution in [0.4, 0.5) is 0 Å². The number of terminal acetylenes is 1. The van der Waals surface area contributed by atoms with E-state index >= 15 is 0 Å². The van der Waals surface area contributed by atoms with Crippen LogP contribution < -0.4 is 10.6 Å². The summed E-state index contributed by atoms with van der Waals surface area (Å²) < 4.78 is 0. The van der Waals surface area contributed by atoms with Gasteiger partial charge in [0.25, 0.3) is 0 Å². The summed E-state index contributed by atoms with van der Waals surface area (Å²) >= 11 is 0. The van der Waals surface area contributed by atoms with Crippen molar-refractivity contribution in [1.82, 2.24) is 10.6 Å². The van der Waals surface area contributed by atoms with Crippen LogP contribution in [0.5, 0.6) is 0 Å². The fourth-order valence-electron chi connectivity index (χ4n) is 0.590. The van der Waals surface area contributed by atoms with Crippen LogP contribution in [-0.4, -0.2) is 24.0 Å². The van der Waals surface area contributed by atoms with Gasteiger partial charge >= 0.3 is 0 Å². The van der Waals surface area contributed by atoms with Gasteiger partial charge in [0, 0.05) is 0 Å². The van der Waals surface area contributed by atoms with Gasteiger partial charge in [0.05, 0.1) is 11.1 Å². The first-order chi connectivity index (χ1) is 5.75. The maximum atomic E-state index is 11.6. The Morgan fingerprint density at radius 1 is 1.31 bits per heavy atom. The van der Waals surface area contributed by atoms with Crippen LogP contribution in [0.15, 0.2) is 0 Å². The van der Waals surface area contributed by atoms with E-state index in [1.807, 2.05) is 0 Å². The van der Waals surface area contributed by atoms with Crippen LogP contribution in [0.3, 0.4) is 0 Å². The van der Waals surface area contributed by atoms with Gasteiger partial charge in [-0.2, -0.15) is 0 Å². The SMILES string of the molecule is C#CC(C)(C)NC(=O)C(C)(C)NC. The van der Waals surface area contributed by atoms with Crippen molar-refractivity contribution < 1.29 is 4.79 Å². The molecule has 0 unspecified atom stereocenters. The molecule has 0 aliphatic carbocycles. The van der Waals surface area contributed by atoms with Crippen molar-refractivity contribution in [2.75, 3.05) is 7.05 Å². The van der Waals surface area contributed by atoms with Gasteiger partial charge < -0.3 is 10.6 Å². The van der Waals surface area contributed by atoms with E-state index in [4.69, 9.17) is 6.42 Å². The first kappa shape index (κ1) is 12.0.